The summed E-state index contributed by atoms with van der Waals surface area (Å²) in [7, 11) is 0. The second-order valence-corrected chi connectivity index (χ2v) is 26.2. The molecular formula is C69H111N19O14. The molecule has 24 N–H and O–H groups in total. The Morgan fingerprint density at radius 1 is 0.461 bits per heavy atom. The van der Waals surface area contributed by atoms with Crippen LogP contribution in [0.5, 0.6) is 5.75 Å². The Kier molecular flexibility index (Phi) is 40.0. The van der Waals surface area contributed by atoms with E-state index in [-0.39, 0.29) is 113 Å². The number of aromatic amines is 1. The number of nitrogens with one attached hydrogen (secondary N) is 13. The quantitative estimate of drug-likeness (QED) is 0.0170. The fourth-order valence-corrected chi connectivity index (χ4v) is 10.5. The number of H-pyrrole nitrogens is 1. The average Bonchev–Trinajstić information content (AvgIpc) is 1.67. The number of aromatic nitrogens is 1. The lowest BCUT2D eigenvalue weighted by molar-refractivity contribution is -0.134. The predicted octanol–water partition coefficient (Wildman–Crippen LogP) is -1.73. The molecule has 0 saturated heterocycles. The van der Waals surface area contributed by atoms with E-state index in [1.165, 1.54) is 26.0 Å². The van der Waals surface area contributed by atoms with Crippen LogP contribution >= 0.6 is 0 Å². The van der Waals surface area contributed by atoms with Crippen molar-refractivity contribution in [2.75, 3.05) is 45.8 Å². The van der Waals surface area contributed by atoms with Crippen molar-refractivity contribution in [2.24, 2.45) is 45.5 Å². The fraction of sp³-hybridized carbons (Fsp3) is 0.594. The van der Waals surface area contributed by atoms with Gasteiger partial charge in [-0.15, -0.1) is 0 Å². The number of para-hydroxylation sites is 1. The van der Waals surface area contributed by atoms with E-state index < -0.39 is 126 Å². The lowest BCUT2D eigenvalue weighted by Gasteiger charge is -2.24. The molecule has 3 aromatic rings. The Hall–Kier alpha value is -9.92. The first-order valence-electron chi connectivity index (χ1n) is 35.1. The first-order chi connectivity index (χ1) is 48.5. The van der Waals surface area contributed by atoms with Gasteiger partial charge in [-0.1, -0.05) is 58.0 Å². The first-order valence-corrected chi connectivity index (χ1v) is 35.1. The smallest absolute Gasteiger partial charge is 0.243 e. The van der Waals surface area contributed by atoms with Crippen molar-refractivity contribution >= 4 is 93.7 Å². The van der Waals surface area contributed by atoms with Gasteiger partial charge in [-0.3, -0.25) is 67.3 Å². The van der Waals surface area contributed by atoms with Crippen molar-refractivity contribution < 1.29 is 67.4 Å². The van der Waals surface area contributed by atoms with Crippen LogP contribution in [0.25, 0.3) is 10.9 Å². The highest BCUT2D eigenvalue weighted by molar-refractivity contribution is 5.97. The topological polar surface area (TPSA) is 545 Å². The Morgan fingerprint density at radius 2 is 0.951 bits per heavy atom. The predicted molar refractivity (Wildman–Crippen MR) is 384 cm³/mol. The molecule has 0 aliphatic heterocycles. The van der Waals surface area contributed by atoms with Crippen LogP contribution < -0.4 is 92.5 Å². The monoisotopic (exact) mass is 1430 g/mol. The summed E-state index contributed by atoms with van der Waals surface area (Å²) in [6, 6.07) is 4.98. The maximum absolute atomic E-state index is 14.0. The number of phenols is 1. The van der Waals surface area contributed by atoms with Crippen molar-refractivity contribution in [3.8, 4) is 5.75 Å². The van der Waals surface area contributed by atoms with Crippen molar-refractivity contribution in [3.05, 3.63) is 65.9 Å². The molecule has 2 aromatic carbocycles. The molecule has 0 saturated carbocycles. The molecule has 33 heteroatoms. The van der Waals surface area contributed by atoms with Crippen molar-refractivity contribution in [3.63, 3.8) is 0 Å². The van der Waals surface area contributed by atoms with Crippen LogP contribution in [0.4, 0.5) is 0 Å². The molecule has 0 unspecified atom stereocenters. The number of aliphatic imine (C=N–C) groups is 1. The highest BCUT2D eigenvalue weighted by atomic mass is 16.3. The summed E-state index contributed by atoms with van der Waals surface area (Å²) in [5.74, 6) is -7.59. The number of aromatic hydroxyl groups is 1. The molecule has 1 aromatic heterocycles. The van der Waals surface area contributed by atoms with Gasteiger partial charge >= 0.3 is 0 Å². The fourth-order valence-electron chi connectivity index (χ4n) is 10.5. The van der Waals surface area contributed by atoms with Gasteiger partial charge in [0.1, 0.15) is 48.0 Å². The summed E-state index contributed by atoms with van der Waals surface area (Å²) in [6.45, 7) is 10.5. The van der Waals surface area contributed by atoms with Crippen LogP contribution in [0.3, 0.4) is 0 Å². The minimum Gasteiger partial charge on any atom is -0.508 e. The van der Waals surface area contributed by atoms with E-state index in [1.807, 2.05) is 52.0 Å². The summed E-state index contributed by atoms with van der Waals surface area (Å²) in [4.78, 5) is 177. The number of rotatable bonds is 50. The molecular weight excluding hydrogens is 1320 g/mol. The average molecular weight is 1430 g/mol. The normalized spacial score (nSPS) is 13.4. The number of hydrogen-bond donors (Lipinski definition) is 19. The summed E-state index contributed by atoms with van der Waals surface area (Å²) in [6.07, 6.45) is 7.23. The zero-order chi connectivity index (χ0) is 75.7. The molecule has 13 amide bonds. The summed E-state index contributed by atoms with van der Waals surface area (Å²) >= 11 is 0. The molecule has 566 valence electrons. The Bertz CT molecular complexity index is 3250. The van der Waals surface area contributed by atoms with Gasteiger partial charge in [-0.25, -0.2) is 0 Å². The molecule has 0 spiro atoms. The second-order valence-electron chi connectivity index (χ2n) is 26.2. The van der Waals surface area contributed by atoms with Gasteiger partial charge in [-0.2, -0.15) is 0 Å². The lowest BCUT2D eigenvalue weighted by Crippen LogP contribution is -2.57. The van der Waals surface area contributed by atoms with E-state index in [1.54, 1.807) is 18.3 Å². The summed E-state index contributed by atoms with van der Waals surface area (Å²) < 4.78 is 0. The molecule has 0 fully saturated rings. The molecule has 1 heterocycles. The van der Waals surface area contributed by atoms with E-state index in [9.17, 15) is 67.4 Å². The number of unbranched alkanes of at least 4 members (excludes halogenated alkanes) is 4. The number of carbonyl (C=O) groups excluding carboxylic acids is 13. The van der Waals surface area contributed by atoms with Gasteiger partial charge in [0, 0.05) is 69.0 Å². The molecule has 102 heavy (non-hydrogen) atoms. The van der Waals surface area contributed by atoms with Crippen LogP contribution in [0.15, 0.2) is 59.7 Å². The maximum atomic E-state index is 14.0. The second kappa shape index (κ2) is 47.2. The number of phenolic OH excluding ortho intramolecular Hbond substituents is 1. The zero-order valence-corrected chi connectivity index (χ0v) is 59.7. The van der Waals surface area contributed by atoms with Crippen LogP contribution in [-0.2, 0) is 75.2 Å². The Balaban J connectivity index is 1.33. The number of carbonyl (C=O) groups is 13. The molecule has 0 aliphatic rings. The molecule has 0 bridgehead atoms. The van der Waals surface area contributed by atoms with E-state index in [2.05, 4.69) is 73.8 Å². The number of hydrogen-bond acceptors (Lipinski definition) is 17. The minimum absolute atomic E-state index is 0.00681. The van der Waals surface area contributed by atoms with E-state index in [4.69, 9.17) is 28.7 Å². The maximum Gasteiger partial charge on any atom is 0.243 e. The molecule has 3 rings (SSSR count). The van der Waals surface area contributed by atoms with E-state index in [0.717, 1.165) is 16.5 Å². The standard InChI is InChI=1S/C69H111N19O14/c1-41(2)34-53(61(72)95)87-67(101)54(35-42(3)4)85-60(94)40-80-62(96)43(5)82-63(97)44(6)83-66(100)52(21-17-33-78-69(73)74)84-58(92)24-12-16-31-76-56(90)22-10-14-30-75-57(91)23-11-15-32-77-59(93)39-81-65(99)51(20-9-13-29-70)86-68(102)55(36-45-25-27-47(89)28-26-45)88-64(98)49(71)37-46-38-79-50-19-8-7-18-48(46)50/h7-8,18-19,25-28,38,41-44,49,51-55,79,89H,9-17,20-24,29-37,39-40,70-71H2,1-6H3,(H2,72,95)(H,75,91)(H,76,90)(H,77,93)(H,80,96)(H,81,99)(H,82,97)(H,83,100)(H,84,92)(H,85,94)(H,86,102)(H,87,101)(H,88,98)(H4,73,74,78)/t43-,44-,49-,51-,52-,53-,54-,55-/m0/s1. The third kappa shape index (κ3) is 35.4. The third-order valence-electron chi connectivity index (χ3n) is 16.2. The highest BCUT2D eigenvalue weighted by Gasteiger charge is 2.32. The van der Waals surface area contributed by atoms with Gasteiger partial charge in [-0.05, 0) is 151 Å². The van der Waals surface area contributed by atoms with Gasteiger partial charge in [0.15, 0.2) is 5.96 Å². The van der Waals surface area contributed by atoms with Crippen molar-refractivity contribution in [1.82, 2.24) is 68.8 Å². The van der Waals surface area contributed by atoms with Crippen molar-refractivity contribution in [2.45, 2.75) is 205 Å². The summed E-state index contributed by atoms with van der Waals surface area (Å²) in [5.41, 5.74) is 30.8. The molecule has 8 atom stereocenters. The van der Waals surface area contributed by atoms with Crippen LogP contribution in [0.2, 0.25) is 0 Å². The number of fused-ring (bicyclic) bond motifs is 1. The number of guanidine groups is 1. The molecule has 33 nitrogen and oxygen atoms in total. The number of benzene rings is 2. The molecule has 0 aliphatic carbocycles. The van der Waals surface area contributed by atoms with E-state index >= 15 is 0 Å². The van der Waals surface area contributed by atoms with Gasteiger partial charge in [0.05, 0.1) is 19.1 Å². The SMILES string of the molecule is CC(C)C[C@H](NC(=O)[C@H](CC(C)C)NC(=O)CNC(=O)[C@H](C)NC(=O)[C@H](C)NC(=O)[C@H](CCCN=C(N)N)NC(=O)CCCCNC(=O)CCCCNC(=O)CCCCNC(=O)CNC(=O)[C@H](CCCCN)NC(=O)[C@H](Cc1ccc(O)cc1)NC(=O)[C@@H](N)Cc1c[nH]c2ccccc12)C(N)=O. The Morgan fingerprint density at radius 3 is 1.55 bits per heavy atom. The number of amides is 13. The van der Waals surface area contributed by atoms with E-state index in [0.29, 0.717) is 76.4 Å². The van der Waals surface area contributed by atoms with Crippen LogP contribution in [0, 0.1) is 11.8 Å². The number of primary amides is 1. The lowest BCUT2D eigenvalue weighted by atomic mass is 10.0. The van der Waals surface area contributed by atoms with Crippen molar-refractivity contribution in [1.29, 1.82) is 0 Å². The van der Waals surface area contributed by atoms with Gasteiger partial charge in [0.25, 0.3) is 0 Å². The Labute approximate surface area is 596 Å². The zero-order valence-electron chi connectivity index (χ0n) is 59.7. The highest BCUT2D eigenvalue weighted by Crippen LogP contribution is 2.20. The largest absolute Gasteiger partial charge is 0.508 e. The summed E-state index contributed by atoms with van der Waals surface area (Å²) in [5, 5.41) is 42.5. The minimum atomic E-state index is -1.19. The van der Waals surface area contributed by atoms with Crippen LogP contribution in [-0.4, -0.2) is 187 Å². The third-order valence-corrected chi connectivity index (χ3v) is 16.2. The molecule has 0 radical (unpaired) electrons. The first kappa shape index (κ1) is 86.3. The number of nitrogens with two attached hydrogens (primary N) is 5. The van der Waals surface area contributed by atoms with Gasteiger partial charge < -0.3 is 103 Å². The number of nitrogens with zero attached hydrogens (tertiary/aromatic N) is 1. The van der Waals surface area contributed by atoms with Gasteiger partial charge in [0.2, 0.25) is 76.8 Å². The van der Waals surface area contributed by atoms with Crippen LogP contribution in [0.1, 0.15) is 155 Å².